The van der Waals surface area contributed by atoms with Crippen molar-refractivity contribution in [1.82, 2.24) is 0 Å². The molecule has 3 atom stereocenters. The molecule has 2 rings (SSSR count). The fraction of sp³-hybridized carbons (Fsp3) is 0.938. The van der Waals surface area contributed by atoms with Crippen LogP contribution in [0.15, 0.2) is 0 Å². The van der Waals surface area contributed by atoms with E-state index in [-0.39, 0.29) is 5.41 Å². The van der Waals surface area contributed by atoms with Crippen LogP contribution in [0.3, 0.4) is 0 Å². The Morgan fingerprint density at radius 1 is 0.941 bits per heavy atom. The zero-order valence-electron chi connectivity index (χ0n) is 12.3. The van der Waals surface area contributed by atoms with E-state index < -0.39 is 0 Å². The fourth-order valence-electron chi connectivity index (χ4n) is 4.94. The molecule has 0 heterocycles. The van der Waals surface area contributed by atoms with Gasteiger partial charge in [0.15, 0.2) is 0 Å². The normalized spacial score (nSPS) is 41.9. The highest BCUT2D eigenvalue weighted by Crippen LogP contribution is 2.71. The van der Waals surface area contributed by atoms with Crippen LogP contribution in [-0.4, -0.2) is 6.29 Å². The van der Waals surface area contributed by atoms with Crippen LogP contribution < -0.4 is 0 Å². The van der Waals surface area contributed by atoms with E-state index in [1.54, 1.807) is 0 Å². The minimum atomic E-state index is 0.257. The van der Waals surface area contributed by atoms with E-state index in [9.17, 15) is 4.79 Å². The molecule has 2 saturated carbocycles. The first-order valence-electron chi connectivity index (χ1n) is 7.13. The van der Waals surface area contributed by atoms with Gasteiger partial charge in [-0.3, -0.25) is 0 Å². The summed E-state index contributed by atoms with van der Waals surface area (Å²) >= 11 is 0. The highest BCUT2D eigenvalue weighted by atomic mass is 16.1. The van der Waals surface area contributed by atoms with Crippen LogP contribution in [-0.2, 0) is 4.79 Å². The van der Waals surface area contributed by atoms with Crippen molar-refractivity contribution in [3.05, 3.63) is 0 Å². The molecule has 2 aliphatic carbocycles. The van der Waals surface area contributed by atoms with Gasteiger partial charge < -0.3 is 4.79 Å². The number of hydrogen-bond donors (Lipinski definition) is 0. The summed E-state index contributed by atoms with van der Waals surface area (Å²) in [5, 5.41) is 0. The first-order valence-corrected chi connectivity index (χ1v) is 7.13. The monoisotopic (exact) mass is 236 g/mol. The van der Waals surface area contributed by atoms with Crippen LogP contribution in [0, 0.1) is 34.0 Å². The van der Waals surface area contributed by atoms with E-state index in [1.807, 2.05) is 0 Å². The lowest BCUT2D eigenvalue weighted by atomic mass is 9.59. The molecule has 0 radical (unpaired) electrons. The molecule has 0 aromatic rings. The largest absolute Gasteiger partial charge is 0.303 e. The van der Waals surface area contributed by atoms with Crippen LogP contribution >= 0.6 is 0 Å². The van der Waals surface area contributed by atoms with Gasteiger partial charge >= 0.3 is 0 Å². The van der Waals surface area contributed by atoms with Crippen molar-refractivity contribution < 1.29 is 4.79 Å². The molecule has 0 aromatic carbocycles. The Morgan fingerprint density at radius 2 is 1.53 bits per heavy atom. The highest BCUT2D eigenvalue weighted by Gasteiger charge is 2.65. The third kappa shape index (κ3) is 1.40. The number of carbonyl (C=O) groups is 1. The van der Waals surface area contributed by atoms with Crippen molar-refractivity contribution in [3.8, 4) is 0 Å². The Balaban J connectivity index is 2.51. The molecule has 0 bridgehead atoms. The molecular formula is C16H28O. The Labute approximate surface area is 106 Å². The topological polar surface area (TPSA) is 17.1 Å². The smallest absolute Gasteiger partial charge is 0.123 e. The van der Waals surface area contributed by atoms with Crippen LogP contribution in [0.5, 0.6) is 0 Å². The van der Waals surface area contributed by atoms with Gasteiger partial charge in [-0.05, 0) is 40.9 Å². The molecule has 0 aliphatic heterocycles. The highest BCUT2D eigenvalue weighted by molar-refractivity contribution is 5.55. The minimum Gasteiger partial charge on any atom is -0.303 e. The summed E-state index contributed by atoms with van der Waals surface area (Å²) in [5.41, 5.74) is 0.886. The number of rotatable bonds is 1. The lowest BCUT2D eigenvalue weighted by molar-refractivity contribution is -0.116. The first kappa shape index (κ1) is 13.1. The number of aldehydes is 1. The van der Waals surface area contributed by atoms with Crippen molar-refractivity contribution in [2.24, 2.45) is 34.0 Å². The van der Waals surface area contributed by atoms with E-state index >= 15 is 0 Å². The predicted molar refractivity (Wildman–Crippen MR) is 71.7 cm³/mol. The summed E-state index contributed by atoms with van der Waals surface area (Å²) in [6, 6.07) is 0. The standard InChI is InChI=1S/C16H28O/c1-14(2)12-9-7-8-11(10-17)13(12)15(3,4)16(14,5)6/h10-13H,7-9H2,1-6H3. The maximum Gasteiger partial charge on any atom is 0.123 e. The van der Waals surface area contributed by atoms with Gasteiger partial charge in [0.25, 0.3) is 0 Å². The Bertz CT molecular complexity index is 324. The summed E-state index contributed by atoms with van der Waals surface area (Å²) in [4.78, 5) is 11.4. The molecule has 98 valence electrons. The third-order valence-electron chi connectivity index (χ3n) is 7.10. The zero-order chi connectivity index (χ0) is 13.1. The maximum atomic E-state index is 11.4. The Hall–Kier alpha value is -0.330. The maximum absolute atomic E-state index is 11.4. The zero-order valence-corrected chi connectivity index (χ0v) is 12.3. The molecule has 17 heavy (non-hydrogen) atoms. The van der Waals surface area contributed by atoms with Gasteiger partial charge in [-0.25, -0.2) is 0 Å². The Morgan fingerprint density at radius 3 is 2.06 bits per heavy atom. The van der Waals surface area contributed by atoms with E-state index in [0.29, 0.717) is 22.7 Å². The van der Waals surface area contributed by atoms with E-state index in [1.165, 1.54) is 19.1 Å². The van der Waals surface area contributed by atoms with E-state index in [0.717, 1.165) is 12.3 Å². The van der Waals surface area contributed by atoms with Gasteiger partial charge in [0.2, 0.25) is 0 Å². The molecule has 2 fully saturated rings. The van der Waals surface area contributed by atoms with Crippen molar-refractivity contribution in [2.45, 2.75) is 60.8 Å². The molecule has 1 nitrogen and oxygen atoms in total. The van der Waals surface area contributed by atoms with Gasteiger partial charge in [-0.2, -0.15) is 0 Å². The van der Waals surface area contributed by atoms with Crippen molar-refractivity contribution >= 4 is 6.29 Å². The summed E-state index contributed by atoms with van der Waals surface area (Å²) in [6.45, 7) is 14.4. The van der Waals surface area contributed by atoms with Crippen LogP contribution in [0.2, 0.25) is 0 Å². The molecule has 0 amide bonds. The van der Waals surface area contributed by atoms with Crippen LogP contribution in [0.1, 0.15) is 60.8 Å². The molecule has 2 aliphatic rings. The molecular weight excluding hydrogens is 208 g/mol. The first-order chi connectivity index (χ1) is 7.68. The third-order valence-corrected chi connectivity index (χ3v) is 7.10. The van der Waals surface area contributed by atoms with E-state index in [2.05, 4.69) is 41.5 Å². The molecule has 3 unspecified atom stereocenters. The van der Waals surface area contributed by atoms with Gasteiger partial charge in [-0.1, -0.05) is 48.0 Å². The van der Waals surface area contributed by atoms with Crippen LogP contribution in [0.25, 0.3) is 0 Å². The van der Waals surface area contributed by atoms with Crippen molar-refractivity contribution in [2.75, 3.05) is 0 Å². The quantitative estimate of drug-likeness (QED) is 0.620. The average molecular weight is 236 g/mol. The minimum absolute atomic E-state index is 0.257. The predicted octanol–water partition coefficient (Wildman–Crippen LogP) is 4.31. The second kappa shape index (κ2) is 3.59. The van der Waals surface area contributed by atoms with Gasteiger partial charge in [0, 0.05) is 5.92 Å². The lowest BCUT2D eigenvalue weighted by Crippen LogP contribution is -2.40. The number of fused-ring (bicyclic) bond motifs is 1. The molecule has 0 spiro atoms. The Kier molecular flexibility index (Phi) is 2.76. The molecule has 1 heteroatoms. The second-order valence-corrected chi connectivity index (χ2v) is 7.93. The summed E-state index contributed by atoms with van der Waals surface area (Å²) in [7, 11) is 0. The molecule has 0 aromatic heterocycles. The average Bonchev–Trinajstić information content (AvgIpc) is 2.36. The lowest BCUT2D eigenvalue weighted by Gasteiger charge is -2.46. The van der Waals surface area contributed by atoms with Crippen molar-refractivity contribution in [1.29, 1.82) is 0 Å². The van der Waals surface area contributed by atoms with E-state index in [4.69, 9.17) is 0 Å². The van der Waals surface area contributed by atoms with Gasteiger partial charge in [0.05, 0.1) is 0 Å². The summed E-state index contributed by atoms with van der Waals surface area (Å²) in [6.07, 6.45) is 4.91. The summed E-state index contributed by atoms with van der Waals surface area (Å²) < 4.78 is 0. The van der Waals surface area contributed by atoms with Crippen molar-refractivity contribution in [3.63, 3.8) is 0 Å². The molecule has 0 saturated heterocycles. The number of carbonyl (C=O) groups excluding carboxylic acids is 1. The van der Waals surface area contributed by atoms with Crippen LogP contribution in [0.4, 0.5) is 0 Å². The second-order valence-electron chi connectivity index (χ2n) is 7.93. The van der Waals surface area contributed by atoms with Gasteiger partial charge in [0.1, 0.15) is 6.29 Å². The number of hydrogen-bond acceptors (Lipinski definition) is 1. The summed E-state index contributed by atoms with van der Waals surface area (Å²) in [5.74, 6) is 1.60. The molecule has 0 N–H and O–H groups in total. The fourth-order valence-corrected chi connectivity index (χ4v) is 4.94. The SMILES string of the molecule is CC1(C)C2CCCC(C=O)C2C(C)(C)C1(C)C. The van der Waals surface area contributed by atoms with Gasteiger partial charge in [-0.15, -0.1) is 0 Å².